The van der Waals surface area contributed by atoms with E-state index < -0.39 is 12.0 Å². The summed E-state index contributed by atoms with van der Waals surface area (Å²) in [6.45, 7) is 0.752. The van der Waals surface area contributed by atoms with Crippen LogP contribution in [0.5, 0.6) is 0 Å². The second-order valence-corrected chi connectivity index (χ2v) is 5.69. The summed E-state index contributed by atoms with van der Waals surface area (Å²) < 4.78 is 10.3. The number of aromatic nitrogens is 2. The Labute approximate surface area is 127 Å². The number of rotatable bonds is 6. The molecule has 8 nitrogen and oxygen atoms in total. The van der Waals surface area contributed by atoms with Crippen LogP contribution in [0.1, 0.15) is 43.3 Å². The predicted octanol–water partition coefficient (Wildman–Crippen LogP) is 0.582. The number of carboxylic acid groups (broad SMARTS) is 1. The Morgan fingerprint density at radius 2 is 2.18 bits per heavy atom. The summed E-state index contributed by atoms with van der Waals surface area (Å²) in [5, 5.41) is 13.0. The topological polar surface area (TPSA) is 106 Å². The number of nitrogens with zero attached hydrogens (tertiary/aromatic N) is 3. The minimum atomic E-state index is -1.03. The minimum absolute atomic E-state index is 0.0511. The van der Waals surface area contributed by atoms with E-state index >= 15 is 0 Å². The molecule has 0 aromatic carbocycles. The standard InChI is InChI=1S/C14H19N3O5/c18-12(17-6-7-21-8-10(17)14(19)20)3-1-2-11-15-13(16-22-11)9-4-5-9/h9-10H,1-8H2,(H,19,20)/t10-/m1/s1. The molecule has 120 valence electrons. The van der Waals surface area contributed by atoms with Crippen molar-refractivity contribution in [2.45, 2.75) is 44.1 Å². The molecule has 0 radical (unpaired) electrons. The highest BCUT2D eigenvalue weighted by molar-refractivity contribution is 5.83. The first-order chi connectivity index (χ1) is 10.6. The Morgan fingerprint density at radius 1 is 1.36 bits per heavy atom. The zero-order valence-electron chi connectivity index (χ0n) is 12.2. The van der Waals surface area contributed by atoms with Gasteiger partial charge in [0.1, 0.15) is 0 Å². The van der Waals surface area contributed by atoms with Gasteiger partial charge in [0.15, 0.2) is 11.9 Å². The van der Waals surface area contributed by atoms with Gasteiger partial charge in [0.05, 0.1) is 13.2 Å². The van der Waals surface area contributed by atoms with Crippen LogP contribution >= 0.6 is 0 Å². The van der Waals surface area contributed by atoms with E-state index in [2.05, 4.69) is 10.1 Å². The number of carbonyl (C=O) groups is 2. The third-order valence-electron chi connectivity index (χ3n) is 3.94. The van der Waals surface area contributed by atoms with E-state index in [9.17, 15) is 9.59 Å². The molecular formula is C14H19N3O5. The van der Waals surface area contributed by atoms with Crippen LogP contribution in [0.3, 0.4) is 0 Å². The predicted molar refractivity (Wildman–Crippen MR) is 73.2 cm³/mol. The van der Waals surface area contributed by atoms with Crippen molar-refractivity contribution in [3.05, 3.63) is 11.7 Å². The zero-order chi connectivity index (χ0) is 15.5. The van der Waals surface area contributed by atoms with Gasteiger partial charge in [-0.25, -0.2) is 4.79 Å². The van der Waals surface area contributed by atoms with Crippen LogP contribution in [-0.4, -0.2) is 57.8 Å². The van der Waals surface area contributed by atoms with E-state index in [0.29, 0.717) is 37.8 Å². The van der Waals surface area contributed by atoms with Crippen molar-refractivity contribution in [2.24, 2.45) is 0 Å². The van der Waals surface area contributed by atoms with Crippen LogP contribution in [0.25, 0.3) is 0 Å². The van der Waals surface area contributed by atoms with Crippen LogP contribution in [0, 0.1) is 0 Å². The van der Waals surface area contributed by atoms with Gasteiger partial charge in [-0.15, -0.1) is 0 Å². The molecule has 1 aliphatic carbocycles. The average molecular weight is 309 g/mol. The van der Waals surface area contributed by atoms with Gasteiger partial charge < -0.3 is 19.3 Å². The Kier molecular flexibility index (Phi) is 4.37. The number of aryl methyl sites for hydroxylation is 1. The minimum Gasteiger partial charge on any atom is -0.480 e. The molecule has 0 spiro atoms. The highest BCUT2D eigenvalue weighted by Gasteiger charge is 2.32. The molecule has 1 atom stereocenters. The Bertz CT molecular complexity index is 554. The lowest BCUT2D eigenvalue weighted by atomic mass is 10.1. The number of carbonyl (C=O) groups excluding carboxylic acids is 1. The molecule has 2 aliphatic rings. The van der Waals surface area contributed by atoms with E-state index in [4.69, 9.17) is 14.4 Å². The van der Waals surface area contributed by atoms with Gasteiger partial charge in [0, 0.05) is 25.3 Å². The summed E-state index contributed by atoms with van der Waals surface area (Å²) in [6.07, 6.45) is 3.60. The molecule has 2 fully saturated rings. The van der Waals surface area contributed by atoms with Gasteiger partial charge in [-0.3, -0.25) is 4.79 Å². The summed E-state index contributed by atoms with van der Waals surface area (Å²) in [5.41, 5.74) is 0. The van der Waals surface area contributed by atoms with Crippen molar-refractivity contribution in [3.8, 4) is 0 Å². The number of ether oxygens (including phenoxy) is 1. The van der Waals surface area contributed by atoms with Crippen molar-refractivity contribution in [2.75, 3.05) is 19.8 Å². The van der Waals surface area contributed by atoms with Crippen LogP contribution < -0.4 is 0 Å². The molecule has 1 aliphatic heterocycles. The van der Waals surface area contributed by atoms with E-state index in [0.717, 1.165) is 18.7 Å². The highest BCUT2D eigenvalue weighted by Crippen LogP contribution is 2.38. The van der Waals surface area contributed by atoms with Crippen molar-refractivity contribution < 1.29 is 24.0 Å². The molecule has 1 N–H and O–H groups in total. The third-order valence-corrected chi connectivity index (χ3v) is 3.94. The van der Waals surface area contributed by atoms with Gasteiger partial charge in [0.25, 0.3) is 0 Å². The summed E-state index contributed by atoms with van der Waals surface area (Å²) in [6, 6.07) is -0.883. The lowest BCUT2D eigenvalue weighted by Crippen LogP contribution is -2.52. The lowest BCUT2D eigenvalue weighted by Gasteiger charge is -2.32. The normalized spacial score (nSPS) is 21.8. The lowest BCUT2D eigenvalue weighted by molar-refractivity contribution is -0.158. The van der Waals surface area contributed by atoms with Crippen LogP contribution in [-0.2, 0) is 20.7 Å². The first-order valence-corrected chi connectivity index (χ1v) is 7.57. The number of aliphatic carboxylic acids is 1. The Morgan fingerprint density at radius 3 is 2.91 bits per heavy atom. The van der Waals surface area contributed by atoms with Gasteiger partial charge in [-0.1, -0.05) is 5.16 Å². The first kappa shape index (κ1) is 15.0. The number of morpholine rings is 1. The second-order valence-electron chi connectivity index (χ2n) is 5.69. The number of carboxylic acids is 1. The fourth-order valence-corrected chi connectivity index (χ4v) is 2.52. The van der Waals surface area contributed by atoms with Crippen molar-refractivity contribution >= 4 is 11.9 Å². The molecule has 3 rings (SSSR count). The van der Waals surface area contributed by atoms with E-state index in [-0.39, 0.29) is 18.9 Å². The largest absolute Gasteiger partial charge is 0.480 e. The SMILES string of the molecule is O=C(O)[C@H]1COCCN1C(=O)CCCc1nc(C2CC2)no1. The van der Waals surface area contributed by atoms with Gasteiger partial charge in [-0.05, 0) is 19.3 Å². The monoisotopic (exact) mass is 309 g/mol. The summed E-state index contributed by atoms with van der Waals surface area (Å²) in [5.74, 6) is 0.562. The maximum atomic E-state index is 12.2. The summed E-state index contributed by atoms with van der Waals surface area (Å²) in [4.78, 5) is 29.0. The molecular weight excluding hydrogens is 290 g/mol. The Balaban J connectivity index is 1.47. The maximum absolute atomic E-state index is 12.2. The molecule has 22 heavy (non-hydrogen) atoms. The highest BCUT2D eigenvalue weighted by atomic mass is 16.5. The van der Waals surface area contributed by atoms with Crippen molar-refractivity contribution in [3.63, 3.8) is 0 Å². The van der Waals surface area contributed by atoms with Gasteiger partial charge in [-0.2, -0.15) is 4.98 Å². The first-order valence-electron chi connectivity index (χ1n) is 7.57. The fourth-order valence-electron chi connectivity index (χ4n) is 2.52. The number of hydrogen-bond donors (Lipinski definition) is 1. The average Bonchev–Trinajstić information content (AvgIpc) is 3.27. The molecule has 0 unspecified atom stereocenters. The van der Waals surface area contributed by atoms with Crippen molar-refractivity contribution in [1.29, 1.82) is 0 Å². The van der Waals surface area contributed by atoms with E-state index in [1.165, 1.54) is 4.90 Å². The Hall–Kier alpha value is -1.96. The number of amides is 1. The molecule has 1 aromatic heterocycles. The maximum Gasteiger partial charge on any atom is 0.328 e. The molecule has 2 heterocycles. The van der Waals surface area contributed by atoms with Crippen molar-refractivity contribution in [1.82, 2.24) is 15.0 Å². The molecule has 1 aromatic rings. The molecule has 1 saturated carbocycles. The van der Waals surface area contributed by atoms with E-state index in [1.54, 1.807) is 0 Å². The quantitative estimate of drug-likeness (QED) is 0.819. The molecule has 1 amide bonds. The molecule has 0 bridgehead atoms. The zero-order valence-corrected chi connectivity index (χ0v) is 12.2. The third kappa shape index (κ3) is 3.44. The number of hydrogen-bond acceptors (Lipinski definition) is 6. The second kappa shape index (κ2) is 6.43. The summed E-state index contributed by atoms with van der Waals surface area (Å²) >= 11 is 0. The molecule has 8 heteroatoms. The van der Waals surface area contributed by atoms with Crippen LogP contribution in [0.4, 0.5) is 0 Å². The van der Waals surface area contributed by atoms with Crippen LogP contribution in [0.15, 0.2) is 4.52 Å². The van der Waals surface area contributed by atoms with E-state index in [1.807, 2.05) is 0 Å². The fraction of sp³-hybridized carbons (Fsp3) is 0.714. The van der Waals surface area contributed by atoms with Gasteiger partial charge >= 0.3 is 5.97 Å². The summed E-state index contributed by atoms with van der Waals surface area (Å²) in [7, 11) is 0. The smallest absolute Gasteiger partial charge is 0.328 e. The molecule has 1 saturated heterocycles. The van der Waals surface area contributed by atoms with Crippen LogP contribution in [0.2, 0.25) is 0 Å². The van der Waals surface area contributed by atoms with Gasteiger partial charge in [0.2, 0.25) is 11.8 Å².